The van der Waals surface area contributed by atoms with Crippen LogP contribution in [0.1, 0.15) is 18.0 Å². The number of pyridine rings is 1. The molecule has 2 unspecified atom stereocenters. The molecule has 2 heterocycles. The molecule has 25 heavy (non-hydrogen) atoms. The van der Waals surface area contributed by atoms with E-state index in [1.807, 2.05) is 65.6 Å². The van der Waals surface area contributed by atoms with E-state index in [4.69, 9.17) is 0 Å². The lowest BCUT2D eigenvalue weighted by Gasteiger charge is -2.25. The SMILES string of the molecule is O=C1C(Nc2cccnc2)CC(c2ccccc2)N1c1ccccc1. The van der Waals surface area contributed by atoms with Crippen LogP contribution < -0.4 is 10.2 Å². The lowest BCUT2D eigenvalue weighted by Crippen LogP contribution is -2.34. The number of nitrogens with zero attached hydrogens (tertiary/aromatic N) is 2. The molecule has 1 saturated heterocycles. The summed E-state index contributed by atoms with van der Waals surface area (Å²) < 4.78 is 0. The Balaban J connectivity index is 1.68. The fourth-order valence-corrected chi connectivity index (χ4v) is 3.38. The van der Waals surface area contributed by atoms with Gasteiger partial charge in [0.05, 0.1) is 11.7 Å². The number of aromatic nitrogens is 1. The summed E-state index contributed by atoms with van der Waals surface area (Å²) in [6.45, 7) is 0. The first-order valence-electron chi connectivity index (χ1n) is 8.42. The normalized spacial score (nSPS) is 19.8. The van der Waals surface area contributed by atoms with E-state index < -0.39 is 0 Å². The molecule has 1 aromatic heterocycles. The van der Waals surface area contributed by atoms with Crippen LogP contribution in [0.15, 0.2) is 85.2 Å². The van der Waals surface area contributed by atoms with Crippen molar-refractivity contribution in [1.29, 1.82) is 0 Å². The molecular weight excluding hydrogens is 310 g/mol. The van der Waals surface area contributed by atoms with Gasteiger partial charge in [0.2, 0.25) is 5.91 Å². The van der Waals surface area contributed by atoms with Crippen LogP contribution in [0.4, 0.5) is 11.4 Å². The number of hydrogen-bond acceptors (Lipinski definition) is 3. The minimum absolute atomic E-state index is 0.0188. The summed E-state index contributed by atoms with van der Waals surface area (Å²) >= 11 is 0. The number of anilines is 2. The average Bonchev–Trinajstić information content (AvgIpc) is 3.00. The highest BCUT2D eigenvalue weighted by Gasteiger charge is 2.41. The first-order valence-corrected chi connectivity index (χ1v) is 8.42. The van der Waals surface area contributed by atoms with Gasteiger partial charge in [0, 0.05) is 24.5 Å². The largest absolute Gasteiger partial charge is 0.372 e. The van der Waals surface area contributed by atoms with Gasteiger partial charge in [-0.1, -0.05) is 48.5 Å². The first kappa shape index (κ1) is 15.4. The molecule has 1 fully saturated rings. The van der Waals surface area contributed by atoms with E-state index in [0.29, 0.717) is 6.42 Å². The third-order valence-electron chi connectivity index (χ3n) is 4.53. The summed E-state index contributed by atoms with van der Waals surface area (Å²) in [6.07, 6.45) is 4.19. The Kier molecular flexibility index (Phi) is 4.17. The zero-order valence-corrected chi connectivity index (χ0v) is 13.7. The Morgan fingerprint density at radius 2 is 1.64 bits per heavy atom. The third-order valence-corrected chi connectivity index (χ3v) is 4.53. The molecule has 0 spiro atoms. The molecule has 2 atom stereocenters. The van der Waals surface area contributed by atoms with Crippen molar-refractivity contribution in [3.8, 4) is 0 Å². The Morgan fingerprint density at radius 1 is 0.920 bits per heavy atom. The van der Waals surface area contributed by atoms with Crippen LogP contribution in [0, 0.1) is 0 Å². The van der Waals surface area contributed by atoms with Crippen molar-refractivity contribution in [2.45, 2.75) is 18.5 Å². The number of amides is 1. The Labute approximate surface area is 147 Å². The summed E-state index contributed by atoms with van der Waals surface area (Å²) in [5.74, 6) is 0.0870. The monoisotopic (exact) mass is 329 g/mol. The maximum Gasteiger partial charge on any atom is 0.250 e. The van der Waals surface area contributed by atoms with E-state index in [1.165, 1.54) is 0 Å². The molecule has 0 saturated carbocycles. The van der Waals surface area contributed by atoms with Crippen molar-refractivity contribution in [3.05, 3.63) is 90.8 Å². The summed E-state index contributed by atoms with van der Waals surface area (Å²) in [5, 5.41) is 3.34. The van der Waals surface area contributed by atoms with Gasteiger partial charge in [-0.25, -0.2) is 0 Å². The van der Waals surface area contributed by atoms with Gasteiger partial charge < -0.3 is 10.2 Å². The topological polar surface area (TPSA) is 45.2 Å². The molecular formula is C21H19N3O. The van der Waals surface area contributed by atoms with Gasteiger partial charge in [0.1, 0.15) is 6.04 Å². The fourth-order valence-electron chi connectivity index (χ4n) is 3.38. The van der Waals surface area contributed by atoms with Crippen molar-refractivity contribution < 1.29 is 4.79 Å². The summed E-state index contributed by atoms with van der Waals surface area (Å²) in [6, 6.07) is 23.6. The number of carbonyl (C=O) groups is 1. The number of hydrogen-bond donors (Lipinski definition) is 1. The van der Waals surface area contributed by atoms with Gasteiger partial charge in [-0.3, -0.25) is 9.78 Å². The van der Waals surface area contributed by atoms with Crippen LogP contribution in [-0.2, 0) is 4.79 Å². The average molecular weight is 329 g/mol. The highest BCUT2D eigenvalue weighted by atomic mass is 16.2. The second-order valence-electron chi connectivity index (χ2n) is 6.14. The van der Waals surface area contributed by atoms with E-state index in [1.54, 1.807) is 12.4 Å². The van der Waals surface area contributed by atoms with E-state index in [0.717, 1.165) is 16.9 Å². The molecule has 124 valence electrons. The number of nitrogens with one attached hydrogen (secondary N) is 1. The molecule has 4 rings (SSSR count). The Bertz CT molecular complexity index is 837. The van der Waals surface area contributed by atoms with Crippen LogP contribution in [0.3, 0.4) is 0 Å². The number of carbonyl (C=O) groups excluding carboxylic acids is 1. The van der Waals surface area contributed by atoms with Crippen LogP contribution in [-0.4, -0.2) is 16.9 Å². The zero-order chi connectivity index (χ0) is 17.1. The number of para-hydroxylation sites is 1. The number of rotatable bonds is 4. The van der Waals surface area contributed by atoms with E-state index >= 15 is 0 Å². The third kappa shape index (κ3) is 3.11. The van der Waals surface area contributed by atoms with Crippen LogP contribution >= 0.6 is 0 Å². The standard InChI is InChI=1S/C21H19N3O/c25-21-19(23-17-10-7-13-22-15-17)14-20(16-8-3-1-4-9-16)24(21)18-11-5-2-6-12-18/h1-13,15,19-20,23H,14H2. The van der Waals surface area contributed by atoms with Crippen LogP contribution in [0.5, 0.6) is 0 Å². The molecule has 0 aliphatic carbocycles. The Morgan fingerprint density at radius 3 is 2.32 bits per heavy atom. The van der Waals surface area contributed by atoms with Crippen LogP contribution in [0.2, 0.25) is 0 Å². The zero-order valence-electron chi connectivity index (χ0n) is 13.7. The van der Waals surface area contributed by atoms with Gasteiger partial charge in [0.25, 0.3) is 0 Å². The molecule has 1 amide bonds. The van der Waals surface area contributed by atoms with E-state index in [-0.39, 0.29) is 18.0 Å². The maximum absolute atomic E-state index is 13.1. The minimum Gasteiger partial charge on any atom is -0.372 e. The Hall–Kier alpha value is -3.14. The van der Waals surface area contributed by atoms with Crippen molar-refractivity contribution in [2.24, 2.45) is 0 Å². The van der Waals surface area contributed by atoms with Gasteiger partial charge in [-0.15, -0.1) is 0 Å². The minimum atomic E-state index is -0.269. The van der Waals surface area contributed by atoms with Gasteiger partial charge in [-0.2, -0.15) is 0 Å². The number of benzene rings is 2. The second-order valence-corrected chi connectivity index (χ2v) is 6.14. The predicted octanol–water partition coefficient (Wildman–Crippen LogP) is 4.04. The smallest absolute Gasteiger partial charge is 0.250 e. The lowest BCUT2D eigenvalue weighted by molar-refractivity contribution is -0.117. The molecule has 3 aromatic rings. The van der Waals surface area contributed by atoms with Crippen molar-refractivity contribution >= 4 is 17.3 Å². The summed E-state index contributed by atoms with van der Waals surface area (Å²) in [4.78, 5) is 19.2. The predicted molar refractivity (Wildman–Crippen MR) is 99.4 cm³/mol. The lowest BCUT2D eigenvalue weighted by atomic mass is 10.0. The van der Waals surface area contributed by atoms with Crippen molar-refractivity contribution in [2.75, 3.05) is 10.2 Å². The molecule has 0 bridgehead atoms. The highest BCUT2D eigenvalue weighted by Crippen LogP contribution is 2.37. The molecule has 1 aliphatic heterocycles. The fraction of sp³-hybridized carbons (Fsp3) is 0.143. The van der Waals surface area contributed by atoms with Crippen molar-refractivity contribution in [1.82, 2.24) is 4.98 Å². The van der Waals surface area contributed by atoms with Crippen molar-refractivity contribution in [3.63, 3.8) is 0 Å². The highest BCUT2D eigenvalue weighted by molar-refractivity contribution is 6.02. The van der Waals surface area contributed by atoms with Gasteiger partial charge in [0.15, 0.2) is 0 Å². The molecule has 0 radical (unpaired) electrons. The summed E-state index contributed by atoms with van der Waals surface area (Å²) in [5.41, 5.74) is 2.94. The van der Waals surface area contributed by atoms with Crippen LogP contribution in [0.25, 0.3) is 0 Å². The molecule has 4 nitrogen and oxygen atoms in total. The molecule has 1 N–H and O–H groups in total. The first-order chi connectivity index (χ1) is 12.3. The second kappa shape index (κ2) is 6.77. The van der Waals surface area contributed by atoms with Gasteiger partial charge in [-0.05, 0) is 29.8 Å². The molecule has 4 heteroatoms. The van der Waals surface area contributed by atoms with E-state index in [2.05, 4.69) is 22.4 Å². The summed E-state index contributed by atoms with van der Waals surface area (Å²) in [7, 11) is 0. The quantitative estimate of drug-likeness (QED) is 0.786. The maximum atomic E-state index is 13.1. The molecule has 2 aromatic carbocycles. The van der Waals surface area contributed by atoms with Gasteiger partial charge >= 0.3 is 0 Å². The van der Waals surface area contributed by atoms with E-state index in [9.17, 15) is 4.79 Å². The molecule has 1 aliphatic rings.